The molecular weight excluding hydrogens is 500 g/mol. The van der Waals surface area contributed by atoms with Crippen molar-refractivity contribution in [3.63, 3.8) is 0 Å². The largest absolute Gasteiger partial charge is 0.382 e. The van der Waals surface area contributed by atoms with Crippen LogP contribution in [-0.4, -0.2) is 29.5 Å². The Hall–Kier alpha value is -4.81. The van der Waals surface area contributed by atoms with Crippen LogP contribution in [0.4, 0.5) is 11.6 Å². The third-order valence-corrected chi connectivity index (χ3v) is 5.98. The van der Waals surface area contributed by atoms with Crippen LogP contribution in [0.2, 0.25) is 5.02 Å². The number of halogens is 1. The summed E-state index contributed by atoms with van der Waals surface area (Å²) >= 11 is 6.42. The molecule has 0 spiro atoms. The molecule has 190 valence electrons. The standard InChI is InChI=1S/C28H25ClN8O/c1-5-17(3)14-20(6-2)37-27(36-23-9-7-8-22(29)24(23)28(37)38)18(4)35-26-21(25(30)33-16-34-26)11-10-19-15-31-12-13-32-19/h5-9,12-16,18H,2H2,1,3-4H3,(H3,30,33,34,35)/b17-5-,20-14+. The Labute approximate surface area is 224 Å². The van der Waals surface area contributed by atoms with E-state index >= 15 is 0 Å². The van der Waals surface area contributed by atoms with E-state index < -0.39 is 6.04 Å². The molecule has 3 aromatic heterocycles. The summed E-state index contributed by atoms with van der Waals surface area (Å²) in [6, 6.07) is 4.64. The van der Waals surface area contributed by atoms with Crippen molar-refractivity contribution in [3.8, 4) is 11.8 Å². The molecule has 3 N–H and O–H groups in total. The molecule has 4 aromatic rings. The van der Waals surface area contributed by atoms with Crippen molar-refractivity contribution in [2.24, 2.45) is 0 Å². The van der Waals surface area contributed by atoms with Crippen LogP contribution < -0.4 is 16.6 Å². The van der Waals surface area contributed by atoms with E-state index in [1.54, 1.807) is 42.9 Å². The molecule has 1 unspecified atom stereocenters. The highest BCUT2D eigenvalue weighted by Crippen LogP contribution is 2.26. The molecular formula is C28H25ClN8O. The molecule has 0 amide bonds. The Kier molecular flexibility index (Phi) is 7.94. The fourth-order valence-electron chi connectivity index (χ4n) is 3.67. The van der Waals surface area contributed by atoms with Crippen LogP contribution in [0.15, 0.2) is 78.3 Å². The quantitative estimate of drug-likeness (QED) is 0.273. The number of fused-ring (bicyclic) bond motifs is 1. The number of nitrogens with one attached hydrogen (secondary N) is 1. The first kappa shape index (κ1) is 26.3. The van der Waals surface area contributed by atoms with E-state index in [-0.39, 0.29) is 11.4 Å². The number of aromatic nitrogens is 6. The second-order valence-corrected chi connectivity index (χ2v) is 8.65. The van der Waals surface area contributed by atoms with E-state index in [1.165, 1.54) is 10.9 Å². The smallest absolute Gasteiger partial charge is 0.267 e. The van der Waals surface area contributed by atoms with Crippen molar-refractivity contribution in [2.75, 3.05) is 11.1 Å². The molecule has 10 heteroatoms. The van der Waals surface area contributed by atoms with Gasteiger partial charge in [-0.25, -0.2) is 19.9 Å². The van der Waals surface area contributed by atoms with Crippen LogP contribution in [0.1, 0.15) is 43.9 Å². The van der Waals surface area contributed by atoms with Crippen molar-refractivity contribution in [2.45, 2.75) is 26.8 Å². The summed E-state index contributed by atoms with van der Waals surface area (Å²) < 4.78 is 1.50. The summed E-state index contributed by atoms with van der Waals surface area (Å²) in [6.07, 6.45) is 11.4. The molecule has 9 nitrogen and oxygen atoms in total. The molecule has 0 aliphatic rings. The van der Waals surface area contributed by atoms with Crippen molar-refractivity contribution < 1.29 is 0 Å². The fraction of sp³-hybridized carbons (Fsp3) is 0.143. The van der Waals surface area contributed by atoms with E-state index in [0.717, 1.165) is 5.57 Å². The van der Waals surface area contributed by atoms with Crippen molar-refractivity contribution >= 4 is 39.8 Å². The SMILES string of the molecule is C=C/C(=C\C(C)=C/C)n1c(C(C)Nc2ncnc(N)c2C#Cc2cnccn2)nc2cccc(Cl)c2c1=O. The summed E-state index contributed by atoms with van der Waals surface area (Å²) in [5.41, 5.74) is 8.64. The number of benzene rings is 1. The van der Waals surface area contributed by atoms with E-state index in [4.69, 9.17) is 22.3 Å². The first-order valence-electron chi connectivity index (χ1n) is 11.7. The van der Waals surface area contributed by atoms with Gasteiger partial charge in [-0.15, -0.1) is 0 Å². The number of hydrogen-bond donors (Lipinski definition) is 2. The van der Waals surface area contributed by atoms with Gasteiger partial charge < -0.3 is 11.1 Å². The van der Waals surface area contributed by atoms with Crippen LogP contribution in [0, 0.1) is 11.8 Å². The Bertz CT molecular complexity index is 1700. The summed E-state index contributed by atoms with van der Waals surface area (Å²) in [7, 11) is 0. The van der Waals surface area contributed by atoms with Crippen LogP contribution in [0.25, 0.3) is 16.6 Å². The number of allylic oxidation sites excluding steroid dienone is 5. The van der Waals surface area contributed by atoms with Gasteiger partial charge in [-0.05, 0) is 51.0 Å². The third kappa shape index (κ3) is 5.45. The lowest BCUT2D eigenvalue weighted by atomic mass is 10.1. The van der Waals surface area contributed by atoms with Gasteiger partial charge in [0.15, 0.2) is 0 Å². The average Bonchev–Trinajstić information content (AvgIpc) is 2.92. The molecule has 0 saturated heterocycles. The normalized spacial score (nSPS) is 12.5. The second-order valence-electron chi connectivity index (χ2n) is 8.24. The first-order chi connectivity index (χ1) is 18.3. The van der Waals surface area contributed by atoms with Gasteiger partial charge >= 0.3 is 0 Å². The minimum atomic E-state index is -0.522. The van der Waals surface area contributed by atoms with E-state index in [2.05, 4.69) is 43.7 Å². The number of nitrogen functional groups attached to an aromatic ring is 1. The minimum Gasteiger partial charge on any atom is -0.382 e. The van der Waals surface area contributed by atoms with Crippen LogP contribution in [-0.2, 0) is 0 Å². The van der Waals surface area contributed by atoms with Gasteiger partial charge in [-0.1, -0.05) is 41.8 Å². The Balaban J connectivity index is 1.87. The molecule has 38 heavy (non-hydrogen) atoms. The van der Waals surface area contributed by atoms with Gasteiger partial charge in [0.1, 0.15) is 35.0 Å². The number of hydrogen-bond acceptors (Lipinski definition) is 8. The molecule has 3 heterocycles. The van der Waals surface area contributed by atoms with Crippen LogP contribution >= 0.6 is 11.6 Å². The summed E-state index contributed by atoms with van der Waals surface area (Å²) in [4.78, 5) is 35.2. The molecule has 0 radical (unpaired) electrons. The number of rotatable bonds is 6. The van der Waals surface area contributed by atoms with Gasteiger partial charge in [-0.3, -0.25) is 14.3 Å². The summed E-state index contributed by atoms with van der Waals surface area (Å²) in [5.74, 6) is 6.89. The van der Waals surface area contributed by atoms with E-state index in [9.17, 15) is 4.79 Å². The number of nitrogens with zero attached hydrogens (tertiary/aromatic N) is 6. The lowest BCUT2D eigenvalue weighted by Crippen LogP contribution is -2.28. The molecule has 1 aromatic carbocycles. The van der Waals surface area contributed by atoms with Gasteiger partial charge in [0.2, 0.25) is 0 Å². The van der Waals surface area contributed by atoms with Gasteiger partial charge in [0, 0.05) is 12.4 Å². The molecule has 0 saturated carbocycles. The Morgan fingerprint density at radius 1 is 1.24 bits per heavy atom. The fourth-order valence-corrected chi connectivity index (χ4v) is 3.92. The monoisotopic (exact) mass is 524 g/mol. The van der Waals surface area contributed by atoms with Crippen molar-refractivity contribution in [1.82, 2.24) is 29.5 Å². The topological polar surface area (TPSA) is 124 Å². The van der Waals surface area contributed by atoms with E-state index in [0.29, 0.717) is 44.5 Å². The third-order valence-electron chi connectivity index (χ3n) is 5.67. The summed E-state index contributed by atoms with van der Waals surface area (Å²) in [5, 5.41) is 3.93. The first-order valence-corrected chi connectivity index (χ1v) is 12.1. The number of nitrogens with two attached hydrogens (primary N) is 1. The molecule has 0 aliphatic carbocycles. The maximum atomic E-state index is 13.8. The molecule has 0 bridgehead atoms. The predicted octanol–water partition coefficient (Wildman–Crippen LogP) is 4.78. The van der Waals surface area contributed by atoms with E-state index in [1.807, 2.05) is 32.9 Å². The average molecular weight is 525 g/mol. The number of anilines is 2. The highest BCUT2D eigenvalue weighted by molar-refractivity contribution is 6.35. The zero-order valence-corrected chi connectivity index (χ0v) is 21.9. The molecule has 1 atom stereocenters. The summed E-state index contributed by atoms with van der Waals surface area (Å²) in [6.45, 7) is 9.64. The highest BCUT2D eigenvalue weighted by Gasteiger charge is 2.21. The van der Waals surface area contributed by atoms with Crippen LogP contribution in [0.5, 0.6) is 0 Å². The molecule has 0 fully saturated rings. The lowest BCUT2D eigenvalue weighted by Gasteiger charge is -2.21. The Morgan fingerprint density at radius 2 is 2.05 bits per heavy atom. The second kappa shape index (κ2) is 11.5. The maximum Gasteiger partial charge on any atom is 0.267 e. The van der Waals surface area contributed by atoms with Gasteiger partial charge in [0.25, 0.3) is 5.56 Å². The predicted molar refractivity (Wildman–Crippen MR) is 151 cm³/mol. The molecule has 4 rings (SSSR count). The zero-order chi connectivity index (χ0) is 27.2. The van der Waals surface area contributed by atoms with Crippen molar-refractivity contribution in [3.05, 3.63) is 106 Å². The van der Waals surface area contributed by atoms with Gasteiger partial charge in [-0.2, -0.15) is 0 Å². The highest BCUT2D eigenvalue weighted by atomic mass is 35.5. The molecule has 0 aliphatic heterocycles. The maximum absolute atomic E-state index is 13.8. The van der Waals surface area contributed by atoms with Crippen molar-refractivity contribution in [1.29, 1.82) is 0 Å². The minimum absolute atomic E-state index is 0.192. The van der Waals surface area contributed by atoms with Crippen LogP contribution in [0.3, 0.4) is 0 Å². The van der Waals surface area contributed by atoms with Gasteiger partial charge in [0.05, 0.1) is 33.9 Å². The Morgan fingerprint density at radius 3 is 2.76 bits per heavy atom. The zero-order valence-electron chi connectivity index (χ0n) is 21.1. The lowest BCUT2D eigenvalue weighted by molar-refractivity contribution is 0.739.